The first-order chi connectivity index (χ1) is 8.22. The van der Waals surface area contributed by atoms with Crippen molar-refractivity contribution >= 4 is 17.1 Å². The summed E-state index contributed by atoms with van der Waals surface area (Å²) in [6.45, 7) is 0.624. The number of hydrogen-bond acceptors (Lipinski definition) is 4. The van der Waals surface area contributed by atoms with Gasteiger partial charge in [0.1, 0.15) is 5.52 Å². The molecule has 0 atom stereocenters. The molecule has 1 heterocycles. The Bertz CT molecular complexity index is 571. The lowest BCUT2D eigenvalue weighted by molar-refractivity contribution is 0.0697. The molecule has 2 aromatic rings. The third-order valence-electron chi connectivity index (χ3n) is 2.76. The highest BCUT2D eigenvalue weighted by molar-refractivity contribution is 5.91. The molecule has 88 valence electrons. The van der Waals surface area contributed by atoms with Crippen LogP contribution in [0.3, 0.4) is 0 Å². The number of fused-ring (bicyclic) bond motifs is 1. The van der Waals surface area contributed by atoms with Gasteiger partial charge in [-0.25, -0.2) is 4.79 Å². The van der Waals surface area contributed by atoms with E-state index in [1.54, 1.807) is 6.07 Å². The smallest absolute Gasteiger partial charge is 0.394 e. The van der Waals surface area contributed by atoms with E-state index in [4.69, 9.17) is 14.3 Å². The van der Waals surface area contributed by atoms with E-state index in [0.29, 0.717) is 23.6 Å². The van der Waals surface area contributed by atoms with E-state index >= 15 is 0 Å². The number of aromatic carboxylic acids is 1. The van der Waals surface area contributed by atoms with Crippen LogP contribution in [0.4, 0.5) is 0 Å². The van der Waals surface area contributed by atoms with Crippen molar-refractivity contribution in [1.82, 2.24) is 4.98 Å². The molecule has 0 saturated heterocycles. The van der Waals surface area contributed by atoms with Crippen LogP contribution in [-0.4, -0.2) is 22.7 Å². The van der Waals surface area contributed by atoms with E-state index in [1.165, 1.54) is 25.0 Å². The SMILES string of the molecule is O=C(O)c1ccc2nc(OCC3CC3)oc2c1. The van der Waals surface area contributed by atoms with Gasteiger partial charge in [0, 0.05) is 0 Å². The molecule has 1 aromatic heterocycles. The van der Waals surface area contributed by atoms with Crippen molar-refractivity contribution in [2.75, 3.05) is 6.61 Å². The molecule has 1 fully saturated rings. The summed E-state index contributed by atoms with van der Waals surface area (Å²) in [4.78, 5) is 14.9. The molecule has 0 radical (unpaired) electrons. The zero-order valence-electron chi connectivity index (χ0n) is 9.05. The third-order valence-corrected chi connectivity index (χ3v) is 2.76. The van der Waals surface area contributed by atoms with Gasteiger partial charge in [-0.1, -0.05) is 0 Å². The number of rotatable bonds is 4. The normalized spacial score (nSPS) is 15.1. The Hall–Kier alpha value is -2.04. The summed E-state index contributed by atoms with van der Waals surface area (Å²) in [5.74, 6) is -0.358. The van der Waals surface area contributed by atoms with Crippen LogP contribution in [0, 0.1) is 5.92 Å². The Kier molecular flexibility index (Phi) is 2.24. The lowest BCUT2D eigenvalue weighted by Crippen LogP contribution is -1.98. The lowest BCUT2D eigenvalue weighted by Gasteiger charge is -1.96. The molecule has 1 aliphatic rings. The van der Waals surface area contributed by atoms with E-state index in [2.05, 4.69) is 4.98 Å². The van der Waals surface area contributed by atoms with Crippen LogP contribution in [0.25, 0.3) is 11.1 Å². The van der Waals surface area contributed by atoms with Crippen molar-refractivity contribution in [3.63, 3.8) is 0 Å². The summed E-state index contributed by atoms with van der Waals surface area (Å²) >= 11 is 0. The van der Waals surface area contributed by atoms with Crippen LogP contribution >= 0.6 is 0 Å². The van der Waals surface area contributed by atoms with Crippen molar-refractivity contribution in [2.24, 2.45) is 5.92 Å². The Balaban J connectivity index is 1.86. The molecule has 5 heteroatoms. The van der Waals surface area contributed by atoms with Crippen molar-refractivity contribution < 1.29 is 19.1 Å². The second-order valence-corrected chi connectivity index (χ2v) is 4.22. The molecular weight excluding hydrogens is 222 g/mol. The molecular formula is C12H11NO4. The molecule has 1 aromatic carbocycles. The number of hydrogen-bond donors (Lipinski definition) is 1. The minimum atomic E-state index is -0.983. The Morgan fingerprint density at radius 2 is 2.35 bits per heavy atom. The minimum absolute atomic E-state index is 0.183. The molecule has 1 N–H and O–H groups in total. The highest BCUT2D eigenvalue weighted by atomic mass is 16.6. The molecule has 0 bridgehead atoms. The van der Waals surface area contributed by atoms with Gasteiger partial charge in [-0.05, 0) is 37.0 Å². The number of benzene rings is 1. The molecule has 1 saturated carbocycles. The van der Waals surface area contributed by atoms with Crippen molar-refractivity contribution in [2.45, 2.75) is 12.8 Å². The first kappa shape index (κ1) is 10.1. The van der Waals surface area contributed by atoms with Gasteiger partial charge in [0.05, 0.1) is 12.2 Å². The monoisotopic (exact) mass is 233 g/mol. The topological polar surface area (TPSA) is 72.6 Å². The second kappa shape index (κ2) is 3.76. The molecule has 0 spiro atoms. The molecule has 3 rings (SSSR count). The van der Waals surface area contributed by atoms with Crippen molar-refractivity contribution in [3.05, 3.63) is 23.8 Å². The summed E-state index contributed by atoms with van der Waals surface area (Å²) in [6, 6.07) is 4.57. The third kappa shape index (κ3) is 2.08. The molecule has 0 unspecified atom stereocenters. The van der Waals surface area contributed by atoms with Gasteiger partial charge in [0.2, 0.25) is 0 Å². The number of carbonyl (C=O) groups is 1. The largest absolute Gasteiger partial charge is 0.478 e. The molecule has 5 nitrogen and oxygen atoms in total. The number of carboxylic acids is 1. The van der Waals surface area contributed by atoms with Crippen LogP contribution in [-0.2, 0) is 0 Å². The lowest BCUT2D eigenvalue weighted by atomic mass is 10.2. The van der Waals surface area contributed by atoms with Gasteiger partial charge in [-0.2, -0.15) is 4.98 Å². The Morgan fingerprint density at radius 3 is 3.06 bits per heavy atom. The van der Waals surface area contributed by atoms with Gasteiger partial charge in [-0.15, -0.1) is 0 Å². The minimum Gasteiger partial charge on any atom is -0.478 e. The molecule has 0 aliphatic heterocycles. The number of ether oxygens (including phenoxy) is 1. The zero-order chi connectivity index (χ0) is 11.8. The predicted molar refractivity (Wildman–Crippen MR) is 59.2 cm³/mol. The van der Waals surface area contributed by atoms with E-state index in [9.17, 15) is 4.79 Å². The van der Waals surface area contributed by atoms with Gasteiger partial charge in [0.25, 0.3) is 0 Å². The van der Waals surface area contributed by atoms with Crippen LogP contribution in [0.5, 0.6) is 6.08 Å². The quantitative estimate of drug-likeness (QED) is 0.877. The van der Waals surface area contributed by atoms with Crippen LogP contribution in [0.15, 0.2) is 22.6 Å². The van der Waals surface area contributed by atoms with E-state index in [1.807, 2.05) is 0 Å². The van der Waals surface area contributed by atoms with E-state index in [-0.39, 0.29) is 11.6 Å². The van der Waals surface area contributed by atoms with Gasteiger partial charge < -0.3 is 14.3 Å². The summed E-state index contributed by atoms with van der Waals surface area (Å²) < 4.78 is 10.7. The van der Waals surface area contributed by atoms with Crippen LogP contribution in [0.1, 0.15) is 23.2 Å². The highest BCUT2D eigenvalue weighted by Gasteiger charge is 2.23. The molecule has 0 amide bonds. The fourth-order valence-electron chi connectivity index (χ4n) is 1.57. The molecule has 17 heavy (non-hydrogen) atoms. The Labute approximate surface area is 97.0 Å². The van der Waals surface area contributed by atoms with Crippen LogP contribution < -0.4 is 4.74 Å². The number of nitrogens with zero attached hydrogens (tertiary/aromatic N) is 1. The summed E-state index contributed by atoms with van der Waals surface area (Å²) in [5, 5.41) is 8.84. The van der Waals surface area contributed by atoms with E-state index < -0.39 is 5.97 Å². The Morgan fingerprint density at radius 1 is 1.53 bits per heavy atom. The maximum absolute atomic E-state index is 10.8. The summed E-state index contributed by atoms with van der Waals surface area (Å²) in [5.41, 5.74) is 1.24. The van der Waals surface area contributed by atoms with Crippen LogP contribution in [0.2, 0.25) is 0 Å². The maximum atomic E-state index is 10.8. The summed E-state index contributed by atoms with van der Waals surface area (Å²) in [7, 11) is 0. The summed E-state index contributed by atoms with van der Waals surface area (Å²) in [6.07, 6.45) is 2.61. The van der Waals surface area contributed by atoms with Gasteiger partial charge >= 0.3 is 12.0 Å². The average Bonchev–Trinajstić information content (AvgIpc) is 3.04. The first-order valence-electron chi connectivity index (χ1n) is 5.49. The van der Waals surface area contributed by atoms with E-state index in [0.717, 1.165) is 0 Å². The van der Waals surface area contributed by atoms with Gasteiger partial charge in [-0.3, -0.25) is 0 Å². The fraction of sp³-hybridized carbons (Fsp3) is 0.333. The number of carboxylic acid groups (broad SMARTS) is 1. The van der Waals surface area contributed by atoms with Crippen molar-refractivity contribution in [1.29, 1.82) is 0 Å². The maximum Gasteiger partial charge on any atom is 0.394 e. The second-order valence-electron chi connectivity index (χ2n) is 4.22. The fourth-order valence-corrected chi connectivity index (χ4v) is 1.57. The zero-order valence-corrected chi connectivity index (χ0v) is 9.05. The van der Waals surface area contributed by atoms with Gasteiger partial charge in [0.15, 0.2) is 5.58 Å². The highest BCUT2D eigenvalue weighted by Crippen LogP contribution is 2.30. The number of aromatic nitrogens is 1. The average molecular weight is 233 g/mol. The predicted octanol–water partition coefficient (Wildman–Crippen LogP) is 2.31. The number of oxazole rings is 1. The first-order valence-corrected chi connectivity index (χ1v) is 5.49. The standard InChI is InChI=1S/C12H11NO4/c14-11(15)8-3-4-9-10(5-8)17-12(13-9)16-6-7-1-2-7/h3-5,7H,1-2,6H2,(H,14,15). The van der Waals surface area contributed by atoms with Crippen molar-refractivity contribution in [3.8, 4) is 6.08 Å². The molecule has 1 aliphatic carbocycles.